The van der Waals surface area contributed by atoms with Gasteiger partial charge in [-0.15, -0.1) is 12.4 Å². The number of sulfonamides is 1. The first kappa shape index (κ1) is 15.8. The van der Waals surface area contributed by atoms with Gasteiger partial charge in [0, 0.05) is 12.1 Å². The summed E-state index contributed by atoms with van der Waals surface area (Å²) in [7, 11) is -3.42. The van der Waals surface area contributed by atoms with Crippen LogP contribution >= 0.6 is 12.4 Å². The molecule has 0 aromatic heterocycles. The predicted molar refractivity (Wildman–Crippen MR) is 81.7 cm³/mol. The third kappa shape index (κ3) is 3.01. The Morgan fingerprint density at radius 1 is 1.15 bits per heavy atom. The molecule has 3 rings (SSSR count). The highest BCUT2D eigenvalue weighted by Crippen LogP contribution is 2.29. The lowest BCUT2D eigenvalue weighted by atomic mass is 9.78. The van der Waals surface area contributed by atoms with Crippen molar-refractivity contribution in [2.24, 2.45) is 5.73 Å². The van der Waals surface area contributed by atoms with Gasteiger partial charge in [-0.25, -0.2) is 13.1 Å². The Labute approximate surface area is 126 Å². The number of hydrogen-bond donors (Lipinski definition) is 2. The minimum Gasteiger partial charge on any atom is -0.324 e. The summed E-state index contributed by atoms with van der Waals surface area (Å²) >= 11 is 0. The molecule has 112 valence electrons. The third-order valence-electron chi connectivity index (χ3n) is 4.34. The van der Waals surface area contributed by atoms with E-state index in [2.05, 4.69) is 4.72 Å². The molecule has 0 saturated heterocycles. The normalized spacial score (nSPS) is 19.9. The number of aryl methyl sites for hydroxylation is 2. The van der Waals surface area contributed by atoms with E-state index in [1.165, 1.54) is 11.1 Å². The van der Waals surface area contributed by atoms with Crippen LogP contribution in [0.3, 0.4) is 0 Å². The van der Waals surface area contributed by atoms with Crippen LogP contribution in [0.25, 0.3) is 0 Å². The summed E-state index contributed by atoms with van der Waals surface area (Å²) in [5.41, 5.74) is 8.18. The van der Waals surface area contributed by atoms with Crippen molar-refractivity contribution in [3.8, 4) is 0 Å². The van der Waals surface area contributed by atoms with E-state index in [0.717, 1.165) is 38.5 Å². The SMILES string of the molecule is Cl.NC1(CNS(=O)(=O)c2ccc3c(c2)CCC3)CCC1. The average Bonchev–Trinajstić information content (AvgIpc) is 2.81. The highest BCUT2D eigenvalue weighted by Gasteiger charge is 2.33. The molecule has 3 N–H and O–H groups in total. The van der Waals surface area contributed by atoms with Crippen LogP contribution in [0, 0.1) is 0 Å². The zero-order valence-electron chi connectivity index (χ0n) is 11.4. The van der Waals surface area contributed by atoms with Gasteiger partial charge in [0.1, 0.15) is 0 Å². The first-order valence-corrected chi connectivity index (χ1v) is 8.37. The first-order valence-electron chi connectivity index (χ1n) is 6.89. The molecule has 2 aliphatic carbocycles. The molecule has 2 aliphatic rings. The molecule has 1 aromatic carbocycles. The lowest BCUT2D eigenvalue weighted by molar-refractivity contribution is 0.251. The fourth-order valence-electron chi connectivity index (χ4n) is 2.85. The monoisotopic (exact) mass is 316 g/mol. The molecule has 4 nitrogen and oxygen atoms in total. The van der Waals surface area contributed by atoms with Crippen LogP contribution in [-0.2, 0) is 22.9 Å². The summed E-state index contributed by atoms with van der Waals surface area (Å²) < 4.78 is 27.2. The van der Waals surface area contributed by atoms with Gasteiger partial charge < -0.3 is 5.73 Å². The van der Waals surface area contributed by atoms with Crippen molar-refractivity contribution < 1.29 is 8.42 Å². The Morgan fingerprint density at radius 2 is 1.85 bits per heavy atom. The molecule has 0 amide bonds. The van der Waals surface area contributed by atoms with Crippen LogP contribution in [0.15, 0.2) is 23.1 Å². The number of nitrogens with two attached hydrogens (primary N) is 1. The maximum atomic E-state index is 12.3. The van der Waals surface area contributed by atoms with Gasteiger partial charge in [0.05, 0.1) is 4.90 Å². The zero-order valence-corrected chi connectivity index (χ0v) is 13.0. The van der Waals surface area contributed by atoms with Crippen LogP contribution < -0.4 is 10.5 Å². The van der Waals surface area contributed by atoms with Crippen molar-refractivity contribution in [3.05, 3.63) is 29.3 Å². The Bertz CT molecular complexity index is 597. The number of fused-ring (bicyclic) bond motifs is 1. The smallest absolute Gasteiger partial charge is 0.240 e. The molecule has 0 spiro atoms. The van der Waals surface area contributed by atoms with E-state index >= 15 is 0 Å². The molecule has 0 bridgehead atoms. The number of halogens is 1. The molecule has 1 saturated carbocycles. The highest BCUT2D eigenvalue weighted by atomic mass is 35.5. The van der Waals surface area contributed by atoms with Gasteiger partial charge in [0.25, 0.3) is 0 Å². The summed E-state index contributed by atoms with van der Waals surface area (Å²) in [6.45, 7) is 0.340. The maximum absolute atomic E-state index is 12.3. The second kappa shape index (κ2) is 5.64. The minimum atomic E-state index is -3.42. The molecular formula is C14H21ClN2O2S. The van der Waals surface area contributed by atoms with Crippen molar-refractivity contribution in [2.45, 2.75) is 49.0 Å². The summed E-state index contributed by atoms with van der Waals surface area (Å²) in [6, 6.07) is 5.46. The number of nitrogens with one attached hydrogen (secondary N) is 1. The Kier molecular flexibility index (Phi) is 4.44. The molecule has 1 aromatic rings. The second-order valence-electron chi connectivity index (χ2n) is 5.82. The summed E-state index contributed by atoms with van der Waals surface area (Å²) in [6.07, 6.45) is 6.07. The van der Waals surface area contributed by atoms with E-state index in [9.17, 15) is 8.42 Å². The van der Waals surface area contributed by atoms with Crippen molar-refractivity contribution in [2.75, 3.05) is 6.54 Å². The molecule has 0 radical (unpaired) electrons. The van der Waals surface area contributed by atoms with E-state index in [1.807, 2.05) is 12.1 Å². The number of hydrogen-bond acceptors (Lipinski definition) is 3. The topological polar surface area (TPSA) is 72.2 Å². The van der Waals surface area contributed by atoms with E-state index < -0.39 is 10.0 Å². The first-order chi connectivity index (χ1) is 8.99. The van der Waals surface area contributed by atoms with E-state index in [4.69, 9.17) is 5.73 Å². The second-order valence-corrected chi connectivity index (χ2v) is 7.59. The highest BCUT2D eigenvalue weighted by molar-refractivity contribution is 7.89. The van der Waals surface area contributed by atoms with Crippen molar-refractivity contribution in [1.82, 2.24) is 4.72 Å². The van der Waals surface area contributed by atoms with Crippen molar-refractivity contribution in [1.29, 1.82) is 0 Å². The van der Waals surface area contributed by atoms with Crippen LogP contribution in [-0.4, -0.2) is 20.5 Å². The minimum absolute atomic E-state index is 0. The summed E-state index contributed by atoms with van der Waals surface area (Å²) in [4.78, 5) is 0.371. The molecule has 1 fully saturated rings. The van der Waals surface area contributed by atoms with Gasteiger partial charge in [0.15, 0.2) is 0 Å². The molecule has 20 heavy (non-hydrogen) atoms. The van der Waals surface area contributed by atoms with Crippen molar-refractivity contribution in [3.63, 3.8) is 0 Å². The molecular weight excluding hydrogens is 296 g/mol. The van der Waals surface area contributed by atoms with Crippen LogP contribution in [0.5, 0.6) is 0 Å². The van der Waals surface area contributed by atoms with Gasteiger partial charge in [-0.1, -0.05) is 6.07 Å². The molecule has 0 atom stereocenters. The fraction of sp³-hybridized carbons (Fsp3) is 0.571. The van der Waals surface area contributed by atoms with Crippen LogP contribution in [0.4, 0.5) is 0 Å². The number of rotatable bonds is 4. The Morgan fingerprint density at radius 3 is 2.50 bits per heavy atom. The van der Waals surface area contributed by atoms with E-state index in [0.29, 0.717) is 11.4 Å². The standard InChI is InChI=1S/C14H20N2O2S.ClH/c15-14(7-2-8-14)10-16-19(17,18)13-6-5-11-3-1-4-12(11)9-13;/h5-6,9,16H,1-4,7-8,10,15H2;1H. The van der Waals surface area contributed by atoms with Gasteiger partial charge in [-0.3, -0.25) is 0 Å². The van der Waals surface area contributed by atoms with Gasteiger partial charge in [0.2, 0.25) is 10.0 Å². The summed E-state index contributed by atoms with van der Waals surface area (Å²) in [5.74, 6) is 0. The van der Waals surface area contributed by atoms with E-state index in [1.54, 1.807) is 6.07 Å². The quantitative estimate of drug-likeness (QED) is 0.889. The molecule has 0 unspecified atom stereocenters. The summed E-state index contributed by atoms with van der Waals surface area (Å²) in [5, 5.41) is 0. The van der Waals surface area contributed by atoms with Crippen LogP contribution in [0.1, 0.15) is 36.8 Å². The largest absolute Gasteiger partial charge is 0.324 e. The predicted octanol–water partition coefficient (Wildman–Crippen LogP) is 1.76. The molecule has 0 aliphatic heterocycles. The van der Waals surface area contributed by atoms with Crippen LogP contribution in [0.2, 0.25) is 0 Å². The zero-order chi connectivity index (χ0) is 13.5. The van der Waals surface area contributed by atoms with Gasteiger partial charge in [-0.05, 0) is 61.8 Å². The average molecular weight is 317 g/mol. The molecule has 0 heterocycles. The Hall–Kier alpha value is -0.620. The maximum Gasteiger partial charge on any atom is 0.240 e. The van der Waals surface area contributed by atoms with E-state index in [-0.39, 0.29) is 17.9 Å². The lowest BCUT2D eigenvalue weighted by Gasteiger charge is -2.38. The fourth-order valence-corrected chi connectivity index (χ4v) is 4.03. The number of benzene rings is 1. The van der Waals surface area contributed by atoms with Crippen molar-refractivity contribution >= 4 is 22.4 Å². The molecule has 6 heteroatoms. The Balaban J connectivity index is 0.00000147. The lowest BCUT2D eigenvalue weighted by Crippen LogP contribution is -2.54. The van der Waals surface area contributed by atoms with Gasteiger partial charge in [-0.2, -0.15) is 0 Å². The third-order valence-corrected chi connectivity index (χ3v) is 5.74. The van der Waals surface area contributed by atoms with Gasteiger partial charge >= 0.3 is 0 Å².